The third-order valence-corrected chi connectivity index (χ3v) is 2.98. The first-order valence-corrected chi connectivity index (χ1v) is 6.79. The van der Waals surface area contributed by atoms with Gasteiger partial charge in [0.25, 0.3) is 0 Å². The molecule has 3 aromatic rings. The summed E-state index contributed by atoms with van der Waals surface area (Å²) in [5, 5.41) is 7.42. The van der Waals surface area contributed by atoms with Gasteiger partial charge in [-0.05, 0) is 19.1 Å². The summed E-state index contributed by atoms with van der Waals surface area (Å²) in [7, 11) is 1.88. The van der Waals surface area contributed by atoms with Gasteiger partial charge in [0.05, 0.1) is 11.9 Å². The van der Waals surface area contributed by atoms with E-state index in [1.807, 2.05) is 44.4 Å². The van der Waals surface area contributed by atoms with Crippen molar-refractivity contribution in [2.75, 3.05) is 11.9 Å². The highest BCUT2D eigenvalue weighted by molar-refractivity contribution is 5.65. The fraction of sp³-hybridized carbons (Fsp3) is 0.200. The lowest BCUT2D eigenvalue weighted by Gasteiger charge is -2.07. The maximum Gasteiger partial charge on any atom is 0.180 e. The van der Waals surface area contributed by atoms with E-state index in [4.69, 9.17) is 0 Å². The minimum atomic E-state index is 0.605. The van der Waals surface area contributed by atoms with Crippen LogP contribution in [0.3, 0.4) is 0 Å². The summed E-state index contributed by atoms with van der Waals surface area (Å²) in [4.78, 5) is 13.4. The maximum atomic E-state index is 4.60. The zero-order chi connectivity index (χ0) is 14.7. The lowest BCUT2D eigenvalue weighted by molar-refractivity contribution is 0.768. The second-order valence-electron chi connectivity index (χ2n) is 4.61. The van der Waals surface area contributed by atoms with Crippen LogP contribution in [0.2, 0.25) is 0 Å². The van der Waals surface area contributed by atoms with Crippen molar-refractivity contribution in [3.8, 4) is 22.8 Å². The average molecular weight is 280 g/mol. The Kier molecular flexibility index (Phi) is 3.59. The second kappa shape index (κ2) is 5.70. The van der Waals surface area contributed by atoms with Crippen molar-refractivity contribution < 1.29 is 0 Å². The van der Waals surface area contributed by atoms with Gasteiger partial charge in [-0.3, -0.25) is 9.67 Å². The normalized spacial score (nSPS) is 10.6. The molecule has 0 radical (unpaired) electrons. The smallest absolute Gasteiger partial charge is 0.180 e. The summed E-state index contributed by atoms with van der Waals surface area (Å²) in [6.07, 6.45) is 5.46. The molecule has 0 saturated carbocycles. The first-order valence-electron chi connectivity index (χ1n) is 6.79. The van der Waals surface area contributed by atoms with Crippen molar-refractivity contribution in [1.29, 1.82) is 0 Å². The van der Waals surface area contributed by atoms with Crippen molar-refractivity contribution in [3.05, 3.63) is 42.9 Å². The molecular formula is C15H16N6. The van der Waals surface area contributed by atoms with Crippen LogP contribution in [0.4, 0.5) is 5.82 Å². The Hall–Kier alpha value is -2.76. The van der Waals surface area contributed by atoms with E-state index in [0.29, 0.717) is 5.82 Å². The molecule has 6 heteroatoms. The van der Waals surface area contributed by atoms with Crippen LogP contribution in [0.1, 0.15) is 6.92 Å². The van der Waals surface area contributed by atoms with Crippen molar-refractivity contribution in [2.24, 2.45) is 7.05 Å². The van der Waals surface area contributed by atoms with Gasteiger partial charge in [0.15, 0.2) is 5.82 Å². The molecule has 1 N–H and O–H groups in total. The largest absolute Gasteiger partial charge is 0.370 e. The number of rotatable bonds is 4. The van der Waals surface area contributed by atoms with Crippen molar-refractivity contribution in [1.82, 2.24) is 24.7 Å². The molecule has 0 unspecified atom stereocenters. The summed E-state index contributed by atoms with van der Waals surface area (Å²) in [5.41, 5.74) is 2.54. The van der Waals surface area contributed by atoms with Gasteiger partial charge in [-0.1, -0.05) is 6.07 Å². The summed E-state index contributed by atoms with van der Waals surface area (Å²) >= 11 is 0. The van der Waals surface area contributed by atoms with Crippen molar-refractivity contribution in [2.45, 2.75) is 6.92 Å². The molecular weight excluding hydrogens is 264 g/mol. The Morgan fingerprint density at radius 3 is 2.76 bits per heavy atom. The molecule has 0 bridgehead atoms. The Labute approximate surface area is 122 Å². The van der Waals surface area contributed by atoms with Gasteiger partial charge >= 0.3 is 0 Å². The van der Waals surface area contributed by atoms with Crippen LogP contribution >= 0.6 is 0 Å². The van der Waals surface area contributed by atoms with E-state index < -0.39 is 0 Å². The highest BCUT2D eigenvalue weighted by atomic mass is 15.2. The fourth-order valence-electron chi connectivity index (χ4n) is 2.03. The number of aryl methyl sites for hydroxylation is 1. The highest BCUT2D eigenvalue weighted by Crippen LogP contribution is 2.22. The number of hydrogen-bond donors (Lipinski definition) is 1. The molecule has 0 aliphatic heterocycles. The molecule has 3 heterocycles. The van der Waals surface area contributed by atoms with Gasteiger partial charge in [0.2, 0.25) is 0 Å². The van der Waals surface area contributed by atoms with E-state index in [2.05, 4.69) is 25.4 Å². The number of aromatic nitrogens is 5. The molecule has 3 rings (SSSR count). The van der Waals surface area contributed by atoms with Crippen LogP contribution in [0.25, 0.3) is 22.8 Å². The monoisotopic (exact) mass is 280 g/mol. The first kappa shape index (κ1) is 13.2. The van der Waals surface area contributed by atoms with E-state index in [0.717, 1.165) is 29.3 Å². The molecule has 0 amide bonds. The van der Waals surface area contributed by atoms with Gasteiger partial charge in [0.1, 0.15) is 11.5 Å². The Balaban J connectivity index is 2.10. The zero-order valence-electron chi connectivity index (χ0n) is 12.0. The van der Waals surface area contributed by atoms with Crippen LogP contribution in [-0.2, 0) is 7.05 Å². The second-order valence-corrected chi connectivity index (χ2v) is 4.61. The number of nitrogens with one attached hydrogen (secondary N) is 1. The topological polar surface area (TPSA) is 68.5 Å². The summed E-state index contributed by atoms with van der Waals surface area (Å²) in [5.74, 6) is 1.39. The van der Waals surface area contributed by atoms with Crippen LogP contribution in [0, 0.1) is 0 Å². The van der Waals surface area contributed by atoms with E-state index >= 15 is 0 Å². The Morgan fingerprint density at radius 2 is 2.10 bits per heavy atom. The SMILES string of the molecule is CCNc1cc(-c2cnn(C)c2)nc(-c2ccccn2)n1. The molecule has 0 spiro atoms. The first-order chi connectivity index (χ1) is 10.3. The molecule has 0 atom stereocenters. The lowest BCUT2D eigenvalue weighted by atomic mass is 10.2. The minimum absolute atomic E-state index is 0.605. The summed E-state index contributed by atoms with van der Waals surface area (Å²) in [6.45, 7) is 2.83. The van der Waals surface area contributed by atoms with Crippen LogP contribution < -0.4 is 5.32 Å². The number of anilines is 1. The van der Waals surface area contributed by atoms with E-state index in [1.54, 1.807) is 17.1 Å². The molecule has 0 aliphatic rings. The average Bonchev–Trinajstić information content (AvgIpc) is 2.95. The molecule has 0 saturated heterocycles. The molecule has 21 heavy (non-hydrogen) atoms. The quantitative estimate of drug-likeness (QED) is 0.794. The molecule has 0 fully saturated rings. The van der Waals surface area contributed by atoms with E-state index in [9.17, 15) is 0 Å². The van der Waals surface area contributed by atoms with Crippen LogP contribution in [-0.4, -0.2) is 31.3 Å². The van der Waals surface area contributed by atoms with Gasteiger partial charge in [-0.25, -0.2) is 9.97 Å². The molecule has 0 aliphatic carbocycles. The molecule has 0 aromatic carbocycles. The Morgan fingerprint density at radius 1 is 1.19 bits per heavy atom. The van der Waals surface area contributed by atoms with Gasteiger partial charge in [-0.2, -0.15) is 5.10 Å². The van der Waals surface area contributed by atoms with Gasteiger partial charge in [0, 0.05) is 37.6 Å². The van der Waals surface area contributed by atoms with E-state index in [1.165, 1.54) is 0 Å². The van der Waals surface area contributed by atoms with Crippen LogP contribution in [0.15, 0.2) is 42.9 Å². The third kappa shape index (κ3) is 2.89. The fourth-order valence-corrected chi connectivity index (χ4v) is 2.03. The minimum Gasteiger partial charge on any atom is -0.370 e. The van der Waals surface area contributed by atoms with Gasteiger partial charge < -0.3 is 5.32 Å². The maximum absolute atomic E-state index is 4.60. The third-order valence-electron chi connectivity index (χ3n) is 2.98. The number of hydrogen-bond acceptors (Lipinski definition) is 5. The standard InChI is InChI=1S/C15H16N6/c1-3-16-14-8-13(11-9-18-21(2)10-11)19-15(20-14)12-6-4-5-7-17-12/h4-10H,3H2,1-2H3,(H,16,19,20). The highest BCUT2D eigenvalue weighted by Gasteiger charge is 2.10. The predicted octanol–water partition coefficient (Wildman–Crippen LogP) is 2.37. The molecule has 6 nitrogen and oxygen atoms in total. The summed E-state index contributed by atoms with van der Waals surface area (Å²) in [6, 6.07) is 7.63. The number of nitrogens with zero attached hydrogens (tertiary/aromatic N) is 5. The van der Waals surface area contributed by atoms with Gasteiger partial charge in [-0.15, -0.1) is 0 Å². The molecule has 106 valence electrons. The van der Waals surface area contributed by atoms with Crippen molar-refractivity contribution in [3.63, 3.8) is 0 Å². The Bertz CT molecular complexity index is 735. The predicted molar refractivity (Wildman–Crippen MR) is 81.6 cm³/mol. The summed E-state index contributed by atoms with van der Waals surface area (Å²) < 4.78 is 1.75. The van der Waals surface area contributed by atoms with Crippen LogP contribution in [0.5, 0.6) is 0 Å². The number of pyridine rings is 1. The zero-order valence-corrected chi connectivity index (χ0v) is 12.0. The molecule has 3 aromatic heterocycles. The lowest BCUT2D eigenvalue weighted by Crippen LogP contribution is -2.03. The van der Waals surface area contributed by atoms with Crippen molar-refractivity contribution >= 4 is 5.82 Å². The van der Waals surface area contributed by atoms with E-state index in [-0.39, 0.29) is 0 Å².